The molecule has 2 aromatic carbocycles. The number of carbonyl (C=O) groups is 2. The Hall–Kier alpha value is -1.59. The smallest absolute Gasteiger partial charge is 0.261 e. The SMILES string of the molecule is [NH-]CC[N-]CC[N-]CCCN1C(=O)c2cccc3cccc(c23)C1=O.[Pt]. The summed E-state index contributed by atoms with van der Waals surface area (Å²) in [7, 11) is 0. The minimum absolute atomic E-state index is 0. The Morgan fingerprint density at radius 3 is 2.00 bits per heavy atom. The monoisotopic (exact) mass is 532 g/mol. The molecule has 0 aromatic heterocycles. The number of hydrogen-bond acceptors (Lipinski definition) is 2. The maximum atomic E-state index is 12.7. The Morgan fingerprint density at radius 1 is 0.846 bits per heavy atom. The minimum Gasteiger partial charge on any atom is -0.679 e. The van der Waals surface area contributed by atoms with Gasteiger partial charge in [-0.25, -0.2) is 0 Å². The minimum atomic E-state index is -0.222. The Morgan fingerprint density at radius 2 is 1.42 bits per heavy atom. The second-order valence-electron chi connectivity index (χ2n) is 5.92. The molecule has 2 amide bonds. The molecule has 0 unspecified atom stereocenters. The van der Waals surface area contributed by atoms with E-state index in [9.17, 15) is 9.59 Å². The molecular formula is C19H21N4O2Pt-3. The van der Waals surface area contributed by atoms with Crippen LogP contribution in [-0.2, 0) is 21.1 Å². The molecule has 2 aromatic rings. The molecule has 1 N–H and O–H groups in total. The summed E-state index contributed by atoms with van der Waals surface area (Å²) >= 11 is 0. The molecule has 0 saturated heterocycles. The van der Waals surface area contributed by atoms with E-state index in [1.165, 1.54) is 4.90 Å². The van der Waals surface area contributed by atoms with Crippen LogP contribution in [0.25, 0.3) is 27.1 Å². The van der Waals surface area contributed by atoms with Crippen molar-refractivity contribution < 1.29 is 30.7 Å². The van der Waals surface area contributed by atoms with E-state index in [-0.39, 0.29) is 32.9 Å². The molecule has 7 heteroatoms. The van der Waals surface area contributed by atoms with E-state index in [0.717, 1.165) is 10.8 Å². The molecule has 1 aliphatic heterocycles. The van der Waals surface area contributed by atoms with E-state index in [0.29, 0.717) is 56.8 Å². The van der Waals surface area contributed by atoms with Gasteiger partial charge in [-0.1, -0.05) is 30.7 Å². The van der Waals surface area contributed by atoms with Crippen molar-refractivity contribution in [3.8, 4) is 0 Å². The van der Waals surface area contributed by atoms with E-state index >= 15 is 0 Å². The average Bonchev–Trinajstić information content (AvgIpc) is 2.64. The van der Waals surface area contributed by atoms with Gasteiger partial charge >= 0.3 is 0 Å². The fourth-order valence-corrected chi connectivity index (χ4v) is 3.07. The fourth-order valence-electron chi connectivity index (χ4n) is 3.07. The van der Waals surface area contributed by atoms with Crippen LogP contribution in [0, 0.1) is 0 Å². The normalized spacial score (nSPS) is 13.2. The molecule has 142 valence electrons. The second-order valence-corrected chi connectivity index (χ2v) is 5.92. The van der Waals surface area contributed by atoms with E-state index < -0.39 is 0 Å². The van der Waals surface area contributed by atoms with Crippen molar-refractivity contribution in [1.82, 2.24) is 4.90 Å². The third-order valence-corrected chi connectivity index (χ3v) is 4.24. The van der Waals surface area contributed by atoms with Gasteiger partial charge in [0.25, 0.3) is 11.8 Å². The first-order valence-electron chi connectivity index (χ1n) is 8.53. The third kappa shape index (κ3) is 4.38. The van der Waals surface area contributed by atoms with E-state index in [2.05, 4.69) is 10.6 Å². The summed E-state index contributed by atoms with van der Waals surface area (Å²) in [4.78, 5) is 26.7. The van der Waals surface area contributed by atoms with Crippen LogP contribution in [-0.4, -0.2) is 56.0 Å². The average molecular weight is 532 g/mol. The van der Waals surface area contributed by atoms with E-state index in [1.54, 1.807) is 12.1 Å². The number of rotatable bonds is 9. The van der Waals surface area contributed by atoms with Gasteiger partial charge in [-0.2, -0.15) is 26.2 Å². The predicted octanol–water partition coefficient (Wildman–Crippen LogP) is 3.62. The fraction of sp³-hybridized carbons (Fsp3) is 0.368. The van der Waals surface area contributed by atoms with Crippen LogP contribution < -0.4 is 0 Å². The Balaban J connectivity index is 0.00000243. The molecule has 6 nitrogen and oxygen atoms in total. The summed E-state index contributed by atoms with van der Waals surface area (Å²) in [6.45, 7) is 3.10. The molecule has 0 saturated carbocycles. The molecular weight excluding hydrogens is 511 g/mol. The predicted molar refractivity (Wildman–Crippen MR) is 99.3 cm³/mol. The molecule has 26 heavy (non-hydrogen) atoms. The molecule has 3 rings (SSSR count). The molecule has 0 bridgehead atoms. The van der Waals surface area contributed by atoms with Crippen LogP contribution in [0.3, 0.4) is 0 Å². The van der Waals surface area contributed by atoms with Crippen molar-refractivity contribution in [2.24, 2.45) is 0 Å². The second kappa shape index (κ2) is 9.93. The number of imide groups is 1. The van der Waals surface area contributed by atoms with Crippen molar-refractivity contribution in [1.29, 1.82) is 0 Å². The van der Waals surface area contributed by atoms with Gasteiger partial charge in [-0.15, -0.1) is 6.54 Å². The maximum Gasteiger partial charge on any atom is 0.261 e. The van der Waals surface area contributed by atoms with Crippen LogP contribution >= 0.6 is 0 Å². The van der Waals surface area contributed by atoms with Gasteiger partial charge in [0.1, 0.15) is 0 Å². The van der Waals surface area contributed by atoms with Crippen LogP contribution in [0.1, 0.15) is 27.1 Å². The summed E-state index contributed by atoms with van der Waals surface area (Å²) in [5, 5.41) is 10.2. The summed E-state index contributed by atoms with van der Waals surface area (Å²) in [6.07, 6.45) is 0.647. The number of amides is 2. The Labute approximate surface area is 167 Å². The van der Waals surface area contributed by atoms with Crippen molar-refractivity contribution >= 4 is 22.6 Å². The van der Waals surface area contributed by atoms with Gasteiger partial charge in [0.15, 0.2) is 0 Å². The van der Waals surface area contributed by atoms with Crippen molar-refractivity contribution in [2.45, 2.75) is 6.42 Å². The van der Waals surface area contributed by atoms with Crippen molar-refractivity contribution in [3.63, 3.8) is 0 Å². The van der Waals surface area contributed by atoms with Crippen molar-refractivity contribution in [2.75, 3.05) is 39.3 Å². The summed E-state index contributed by atoms with van der Waals surface area (Å²) in [5.41, 5.74) is 8.19. The zero-order valence-electron chi connectivity index (χ0n) is 14.4. The van der Waals surface area contributed by atoms with Gasteiger partial charge in [0, 0.05) is 44.1 Å². The van der Waals surface area contributed by atoms with E-state index in [4.69, 9.17) is 5.73 Å². The van der Waals surface area contributed by atoms with Gasteiger partial charge in [-0.05, 0) is 17.5 Å². The maximum absolute atomic E-state index is 12.7. The topological polar surface area (TPSA) is 89.4 Å². The first kappa shape index (κ1) is 20.7. The molecule has 1 heterocycles. The number of carbonyl (C=O) groups excluding carboxylic acids is 2. The largest absolute Gasteiger partial charge is 0.679 e. The van der Waals surface area contributed by atoms with Crippen molar-refractivity contribution in [3.05, 3.63) is 63.9 Å². The number of hydrogen-bond donors (Lipinski definition) is 0. The van der Waals surface area contributed by atoms with Gasteiger partial charge in [0.05, 0.1) is 0 Å². The summed E-state index contributed by atoms with van der Waals surface area (Å²) in [5.74, 6) is -0.445. The van der Waals surface area contributed by atoms with Crippen LogP contribution in [0.15, 0.2) is 36.4 Å². The molecule has 0 atom stereocenters. The first-order valence-corrected chi connectivity index (χ1v) is 8.53. The number of nitrogens with one attached hydrogen (secondary N) is 1. The zero-order valence-corrected chi connectivity index (χ0v) is 16.7. The molecule has 1 aliphatic rings. The van der Waals surface area contributed by atoms with Crippen LogP contribution in [0.2, 0.25) is 0 Å². The Bertz CT molecular complexity index is 730. The number of benzene rings is 2. The van der Waals surface area contributed by atoms with Gasteiger partial charge in [-0.3, -0.25) is 14.5 Å². The molecule has 0 spiro atoms. The van der Waals surface area contributed by atoms with Crippen LogP contribution in [0.4, 0.5) is 0 Å². The molecule has 0 radical (unpaired) electrons. The first-order chi connectivity index (χ1) is 12.2. The quantitative estimate of drug-likeness (QED) is 0.365. The molecule has 0 aliphatic carbocycles. The molecule has 0 fully saturated rings. The number of nitrogens with zero attached hydrogens (tertiary/aromatic N) is 3. The summed E-state index contributed by atoms with van der Waals surface area (Å²) in [6, 6.07) is 11.1. The van der Waals surface area contributed by atoms with Crippen LogP contribution in [0.5, 0.6) is 0 Å². The van der Waals surface area contributed by atoms with Gasteiger partial charge < -0.3 is 16.4 Å². The van der Waals surface area contributed by atoms with E-state index in [1.807, 2.05) is 24.3 Å². The van der Waals surface area contributed by atoms with Gasteiger partial charge in [0.2, 0.25) is 0 Å². The zero-order chi connectivity index (χ0) is 17.6. The standard InChI is InChI=1S/C19H21N4O2.Pt/c20-8-10-22-12-11-21-9-3-13-23-18(24)15-6-1-4-14-5-2-7-16(17(14)15)19(23)25;/h1-2,4-7,20H,3,8-13H2;/q-3;. The third-order valence-electron chi connectivity index (χ3n) is 4.24. The summed E-state index contributed by atoms with van der Waals surface area (Å²) < 4.78 is 0. The Kier molecular flexibility index (Phi) is 7.91.